The number of ether oxygens (including phenoxy) is 1. The van der Waals surface area contributed by atoms with Gasteiger partial charge in [-0.15, -0.1) is 0 Å². The van der Waals surface area contributed by atoms with Crippen LogP contribution in [0.5, 0.6) is 0 Å². The van der Waals surface area contributed by atoms with Crippen LogP contribution in [-0.4, -0.2) is 18.8 Å². The van der Waals surface area contributed by atoms with E-state index in [0.29, 0.717) is 30.2 Å². The molecule has 4 heteroatoms. The highest BCUT2D eigenvalue weighted by atomic mass is 19.1. The maximum atomic E-state index is 13.9. The minimum absolute atomic E-state index is 0.112. The maximum absolute atomic E-state index is 13.9. The van der Waals surface area contributed by atoms with E-state index in [9.17, 15) is 4.39 Å². The first-order valence-corrected chi connectivity index (χ1v) is 6.82. The molecule has 2 atom stereocenters. The largest absolute Gasteiger partial charge is 0.376 e. The molecular formula is C15H17FN2O. The van der Waals surface area contributed by atoms with Gasteiger partial charge >= 0.3 is 0 Å². The van der Waals surface area contributed by atoms with Crippen LogP contribution in [0.1, 0.15) is 30.4 Å². The van der Waals surface area contributed by atoms with Crippen LogP contribution in [0.25, 0.3) is 0 Å². The molecular weight excluding hydrogens is 243 g/mol. The number of benzene rings is 1. The van der Waals surface area contributed by atoms with E-state index in [2.05, 4.69) is 5.32 Å². The number of hydrogen-bond donors (Lipinski definition) is 1. The molecule has 1 saturated carbocycles. The summed E-state index contributed by atoms with van der Waals surface area (Å²) in [5, 5.41) is 12.2. The fourth-order valence-electron chi connectivity index (χ4n) is 2.76. The zero-order valence-electron chi connectivity index (χ0n) is 10.7. The lowest BCUT2D eigenvalue weighted by atomic mass is 10.1. The molecule has 1 aromatic carbocycles. The van der Waals surface area contributed by atoms with Crippen molar-refractivity contribution in [3.05, 3.63) is 35.1 Å². The molecule has 1 aliphatic carbocycles. The molecule has 3 nitrogen and oxygen atoms in total. The molecule has 0 spiro atoms. The van der Waals surface area contributed by atoms with Gasteiger partial charge in [0.25, 0.3) is 0 Å². The zero-order valence-corrected chi connectivity index (χ0v) is 10.7. The number of nitrogens with one attached hydrogen (secondary N) is 1. The number of nitrogens with zero attached hydrogens (tertiary/aromatic N) is 1. The Morgan fingerprint density at radius 2 is 2.21 bits per heavy atom. The van der Waals surface area contributed by atoms with Gasteiger partial charge in [0, 0.05) is 24.8 Å². The molecule has 1 heterocycles. The number of nitriles is 1. The molecule has 0 amide bonds. The van der Waals surface area contributed by atoms with E-state index in [-0.39, 0.29) is 5.56 Å². The highest BCUT2D eigenvalue weighted by Crippen LogP contribution is 2.38. The first-order chi connectivity index (χ1) is 9.29. The highest BCUT2D eigenvalue weighted by Gasteiger charge is 2.40. The minimum atomic E-state index is -0.403. The fourth-order valence-corrected chi connectivity index (χ4v) is 2.76. The van der Waals surface area contributed by atoms with E-state index in [1.54, 1.807) is 12.1 Å². The lowest BCUT2D eigenvalue weighted by Crippen LogP contribution is -2.37. The van der Waals surface area contributed by atoms with Crippen LogP contribution in [0.3, 0.4) is 0 Å². The molecule has 2 fully saturated rings. The summed E-state index contributed by atoms with van der Waals surface area (Å²) in [5.41, 5.74) is 0.668. The summed E-state index contributed by atoms with van der Waals surface area (Å²) in [6.45, 7) is 1.25. The SMILES string of the molecule is N#Cc1cccc(CNC2CCOC2C2CC2)c1F. The Hall–Kier alpha value is -1.44. The average molecular weight is 260 g/mol. The minimum Gasteiger partial charge on any atom is -0.376 e. The van der Waals surface area contributed by atoms with E-state index < -0.39 is 5.82 Å². The first kappa shape index (κ1) is 12.6. The smallest absolute Gasteiger partial charge is 0.145 e. The van der Waals surface area contributed by atoms with Crippen LogP contribution in [0.2, 0.25) is 0 Å². The van der Waals surface area contributed by atoms with Gasteiger partial charge in [0.15, 0.2) is 0 Å². The summed E-state index contributed by atoms with van der Waals surface area (Å²) in [6, 6.07) is 7.15. The Balaban J connectivity index is 1.64. The third-order valence-corrected chi connectivity index (χ3v) is 3.98. The summed E-state index contributed by atoms with van der Waals surface area (Å²) in [7, 11) is 0. The van der Waals surface area contributed by atoms with Crippen LogP contribution in [0.4, 0.5) is 4.39 Å². The molecule has 0 radical (unpaired) electrons. The second-order valence-electron chi connectivity index (χ2n) is 5.34. The molecule has 2 aliphatic rings. The topological polar surface area (TPSA) is 45.0 Å². The second kappa shape index (κ2) is 5.28. The van der Waals surface area contributed by atoms with Crippen LogP contribution < -0.4 is 5.32 Å². The van der Waals surface area contributed by atoms with Gasteiger partial charge in [-0.1, -0.05) is 12.1 Å². The van der Waals surface area contributed by atoms with Gasteiger partial charge in [-0.25, -0.2) is 4.39 Å². The zero-order chi connectivity index (χ0) is 13.2. The summed E-state index contributed by atoms with van der Waals surface area (Å²) in [4.78, 5) is 0. The van der Waals surface area contributed by atoms with Crippen LogP contribution in [0.15, 0.2) is 18.2 Å². The Labute approximate surface area is 112 Å². The summed E-state index contributed by atoms with van der Waals surface area (Å²) in [6.07, 6.45) is 3.78. The number of rotatable bonds is 4. The molecule has 2 unspecified atom stereocenters. The van der Waals surface area contributed by atoms with E-state index in [1.165, 1.54) is 18.9 Å². The predicted molar refractivity (Wildman–Crippen MR) is 68.8 cm³/mol. The number of halogens is 1. The third-order valence-electron chi connectivity index (χ3n) is 3.98. The van der Waals surface area contributed by atoms with Crippen molar-refractivity contribution in [1.82, 2.24) is 5.32 Å². The first-order valence-electron chi connectivity index (χ1n) is 6.82. The normalized spacial score (nSPS) is 26.3. The standard InChI is InChI=1S/C15H17FN2O/c16-14-11(8-17)2-1-3-12(14)9-18-13-6-7-19-15(13)10-4-5-10/h1-3,10,13,15,18H,4-7,9H2. The molecule has 19 heavy (non-hydrogen) atoms. The maximum Gasteiger partial charge on any atom is 0.145 e. The molecule has 1 N–H and O–H groups in total. The molecule has 1 aromatic rings. The fraction of sp³-hybridized carbons (Fsp3) is 0.533. The van der Waals surface area contributed by atoms with Crippen LogP contribution in [-0.2, 0) is 11.3 Å². The van der Waals surface area contributed by atoms with Gasteiger partial charge in [0.2, 0.25) is 0 Å². The molecule has 3 rings (SSSR count). The molecule has 1 saturated heterocycles. The average Bonchev–Trinajstić information content (AvgIpc) is 3.17. The van der Waals surface area contributed by atoms with Gasteiger partial charge in [-0.2, -0.15) is 5.26 Å². The quantitative estimate of drug-likeness (QED) is 0.904. The lowest BCUT2D eigenvalue weighted by molar-refractivity contribution is 0.0808. The van der Waals surface area contributed by atoms with Crippen molar-refractivity contribution in [1.29, 1.82) is 5.26 Å². The van der Waals surface area contributed by atoms with Gasteiger partial charge in [0.1, 0.15) is 11.9 Å². The summed E-state index contributed by atoms with van der Waals surface area (Å²) < 4.78 is 19.7. The summed E-state index contributed by atoms with van der Waals surface area (Å²) >= 11 is 0. The van der Waals surface area contributed by atoms with Crippen molar-refractivity contribution in [3.8, 4) is 6.07 Å². The number of hydrogen-bond acceptors (Lipinski definition) is 3. The second-order valence-corrected chi connectivity index (χ2v) is 5.34. The van der Waals surface area contributed by atoms with Crippen molar-refractivity contribution in [2.24, 2.45) is 5.92 Å². The van der Waals surface area contributed by atoms with E-state index >= 15 is 0 Å². The highest BCUT2D eigenvalue weighted by molar-refractivity contribution is 5.34. The lowest BCUT2D eigenvalue weighted by Gasteiger charge is -2.19. The van der Waals surface area contributed by atoms with Crippen molar-refractivity contribution in [3.63, 3.8) is 0 Å². The Morgan fingerprint density at radius 1 is 1.37 bits per heavy atom. The van der Waals surface area contributed by atoms with Gasteiger partial charge < -0.3 is 10.1 Å². The Bertz CT molecular complexity index is 507. The van der Waals surface area contributed by atoms with Gasteiger partial charge in [-0.05, 0) is 31.2 Å². The molecule has 0 bridgehead atoms. The predicted octanol–water partition coefficient (Wildman–Crippen LogP) is 2.35. The molecule has 0 aromatic heterocycles. The summed E-state index contributed by atoms with van der Waals surface area (Å²) in [5.74, 6) is 0.287. The van der Waals surface area contributed by atoms with Crippen LogP contribution in [0, 0.1) is 23.1 Å². The third kappa shape index (κ3) is 2.63. The van der Waals surface area contributed by atoms with Crippen molar-refractivity contribution in [2.45, 2.75) is 38.0 Å². The van der Waals surface area contributed by atoms with Crippen molar-refractivity contribution in [2.75, 3.05) is 6.61 Å². The van der Waals surface area contributed by atoms with E-state index in [1.807, 2.05) is 6.07 Å². The Morgan fingerprint density at radius 3 is 2.95 bits per heavy atom. The molecule has 100 valence electrons. The van der Waals surface area contributed by atoms with Gasteiger partial charge in [0.05, 0.1) is 11.7 Å². The molecule has 1 aliphatic heterocycles. The van der Waals surface area contributed by atoms with Crippen molar-refractivity contribution < 1.29 is 9.13 Å². The van der Waals surface area contributed by atoms with E-state index in [4.69, 9.17) is 10.00 Å². The monoisotopic (exact) mass is 260 g/mol. The Kier molecular flexibility index (Phi) is 3.50. The van der Waals surface area contributed by atoms with Gasteiger partial charge in [-0.3, -0.25) is 0 Å². The van der Waals surface area contributed by atoms with Crippen LogP contribution >= 0.6 is 0 Å². The van der Waals surface area contributed by atoms with Crippen molar-refractivity contribution >= 4 is 0 Å². The van der Waals surface area contributed by atoms with E-state index in [0.717, 1.165) is 13.0 Å².